The van der Waals surface area contributed by atoms with Crippen LogP contribution < -0.4 is 11.1 Å². The number of piperazine rings is 1. The number of carbonyl (C=O) groups excluding carboxylic acids is 2. The number of nitrogens with one attached hydrogen (secondary N) is 1. The first kappa shape index (κ1) is 29.9. The van der Waals surface area contributed by atoms with E-state index in [4.69, 9.17) is 20.4 Å². The number of nitrogens with two attached hydrogens (primary N) is 1. The number of carbonyl (C=O) groups is 2. The van der Waals surface area contributed by atoms with Crippen molar-refractivity contribution in [2.75, 3.05) is 45.2 Å². The minimum atomic E-state index is -0.494. The summed E-state index contributed by atoms with van der Waals surface area (Å²) in [6.07, 6.45) is 0. The molecule has 1 fully saturated rings. The predicted molar refractivity (Wildman–Crippen MR) is 177 cm³/mol. The van der Waals surface area contributed by atoms with Crippen molar-refractivity contribution in [2.24, 2.45) is 5.73 Å². The molecule has 0 unspecified atom stereocenters. The van der Waals surface area contributed by atoms with Gasteiger partial charge in [-0.05, 0) is 59.5 Å². The Kier molecular flexibility index (Phi) is 8.81. The van der Waals surface area contributed by atoms with E-state index in [0.717, 1.165) is 69.7 Å². The average Bonchev–Trinajstić information content (AvgIpc) is 3.06. The van der Waals surface area contributed by atoms with Crippen molar-refractivity contribution in [2.45, 2.75) is 13.5 Å². The van der Waals surface area contributed by atoms with Crippen molar-refractivity contribution in [1.29, 1.82) is 0 Å². The highest BCUT2D eigenvalue weighted by Gasteiger charge is 2.22. The van der Waals surface area contributed by atoms with E-state index in [1.165, 1.54) is 7.11 Å². The molecule has 1 aromatic heterocycles. The van der Waals surface area contributed by atoms with Gasteiger partial charge >= 0.3 is 0 Å². The fourth-order valence-electron chi connectivity index (χ4n) is 5.82. The molecule has 9 nitrogen and oxygen atoms in total. The van der Waals surface area contributed by atoms with Crippen molar-refractivity contribution < 1.29 is 14.3 Å². The molecule has 0 aliphatic carbocycles. The average molecular weight is 601 g/mol. The van der Waals surface area contributed by atoms with Crippen LogP contribution in [0.3, 0.4) is 0 Å². The van der Waals surface area contributed by atoms with Gasteiger partial charge in [-0.1, -0.05) is 60.7 Å². The molecule has 3 N–H and O–H groups in total. The van der Waals surface area contributed by atoms with Crippen LogP contribution in [-0.4, -0.2) is 71.5 Å². The van der Waals surface area contributed by atoms with Crippen LogP contribution >= 0.6 is 0 Å². The van der Waals surface area contributed by atoms with E-state index in [9.17, 15) is 9.59 Å². The van der Waals surface area contributed by atoms with E-state index in [-0.39, 0.29) is 12.5 Å². The summed E-state index contributed by atoms with van der Waals surface area (Å²) in [4.78, 5) is 38.7. The molecule has 0 saturated carbocycles. The molecule has 5 aromatic rings. The molecular formula is C36H36N6O3. The van der Waals surface area contributed by atoms with E-state index in [1.807, 2.05) is 78.6 Å². The molecule has 2 amide bonds. The summed E-state index contributed by atoms with van der Waals surface area (Å²) in [5.41, 5.74) is 13.5. The van der Waals surface area contributed by atoms with Crippen LogP contribution in [0, 0.1) is 6.92 Å². The third-order valence-corrected chi connectivity index (χ3v) is 8.18. The molecule has 1 aliphatic heterocycles. The van der Waals surface area contributed by atoms with Gasteiger partial charge in [-0.3, -0.25) is 14.5 Å². The first-order chi connectivity index (χ1) is 21.9. The van der Waals surface area contributed by atoms with Crippen molar-refractivity contribution in [3.05, 3.63) is 108 Å². The maximum atomic E-state index is 12.6. The first-order valence-corrected chi connectivity index (χ1v) is 15.0. The van der Waals surface area contributed by atoms with Crippen LogP contribution in [0.2, 0.25) is 0 Å². The Bertz CT molecular complexity index is 1850. The molecule has 0 bridgehead atoms. The van der Waals surface area contributed by atoms with Gasteiger partial charge in [-0.2, -0.15) is 0 Å². The number of amides is 2. The summed E-state index contributed by atoms with van der Waals surface area (Å²) in [5, 5.41) is 4.35. The molecule has 0 radical (unpaired) electrons. The number of nitrogens with zero attached hydrogens (tertiary/aromatic N) is 4. The zero-order chi connectivity index (χ0) is 31.3. The molecule has 0 spiro atoms. The summed E-state index contributed by atoms with van der Waals surface area (Å²) in [5.74, 6) is -0.0157. The Morgan fingerprint density at radius 3 is 2.38 bits per heavy atom. The van der Waals surface area contributed by atoms with Crippen molar-refractivity contribution in [3.63, 3.8) is 0 Å². The van der Waals surface area contributed by atoms with Crippen LogP contribution in [0.1, 0.15) is 21.5 Å². The molecule has 45 heavy (non-hydrogen) atoms. The van der Waals surface area contributed by atoms with Gasteiger partial charge in [0.25, 0.3) is 0 Å². The second-order valence-corrected chi connectivity index (χ2v) is 11.3. The monoisotopic (exact) mass is 600 g/mol. The third-order valence-electron chi connectivity index (χ3n) is 8.18. The van der Waals surface area contributed by atoms with Gasteiger partial charge in [0.15, 0.2) is 0 Å². The smallest absolute Gasteiger partial charge is 0.249 e. The Morgan fingerprint density at radius 1 is 0.867 bits per heavy atom. The number of para-hydroxylation sites is 1. The van der Waals surface area contributed by atoms with E-state index < -0.39 is 5.91 Å². The van der Waals surface area contributed by atoms with Gasteiger partial charge in [-0.25, -0.2) is 9.97 Å². The summed E-state index contributed by atoms with van der Waals surface area (Å²) in [6.45, 7) is 5.77. The van der Waals surface area contributed by atoms with Gasteiger partial charge in [0.05, 0.1) is 11.2 Å². The largest absolute Gasteiger partial charge is 0.375 e. The van der Waals surface area contributed by atoms with Crippen LogP contribution in [0.5, 0.6) is 0 Å². The Hall–Kier alpha value is -5.12. The Balaban J connectivity index is 1.29. The van der Waals surface area contributed by atoms with E-state index in [1.54, 1.807) is 6.07 Å². The first-order valence-electron chi connectivity index (χ1n) is 15.0. The number of hydrogen-bond acceptors (Lipinski definition) is 7. The number of anilines is 2. The standard InChI is InChI=1S/C36H36N6O3/c1-24-12-13-25(22-41-16-18-42(19-17-41)33(43)23-45-2)20-30(24)31-21-27(14-15-28(31)35(37)44)38-36-39-32-11-7-6-10-29(32)34(40-36)26-8-4-3-5-9-26/h3-15,20-21H,16-19,22-23H2,1-2H3,(H2,37,44)(H,38,39,40). The maximum Gasteiger partial charge on any atom is 0.249 e. The number of hydrogen-bond donors (Lipinski definition) is 2. The number of methoxy groups -OCH3 is 1. The molecular weight excluding hydrogens is 564 g/mol. The van der Waals surface area contributed by atoms with Gasteiger partial charge in [0.2, 0.25) is 17.8 Å². The number of aryl methyl sites for hydroxylation is 1. The van der Waals surface area contributed by atoms with Crippen molar-refractivity contribution >= 4 is 34.4 Å². The second-order valence-electron chi connectivity index (χ2n) is 11.3. The van der Waals surface area contributed by atoms with Gasteiger partial charge in [0, 0.05) is 62.0 Å². The highest BCUT2D eigenvalue weighted by molar-refractivity contribution is 6.01. The summed E-state index contributed by atoms with van der Waals surface area (Å²) < 4.78 is 5.01. The van der Waals surface area contributed by atoms with E-state index >= 15 is 0 Å². The fourth-order valence-corrected chi connectivity index (χ4v) is 5.82. The van der Waals surface area contributed by atoms with Crippen LogP contribution in [0.4, 0.5) is 11.6 Å². The lowest BCUT2D eigenvalue weighted by Crippen LogP contribution is -2.49. The Labute approximate surface area is 262 Å². The summed E-state index contributed by atoms with van der Waals surface area (Å²) >= 11 is 0. The van der Waals surface area contributed by atoms with Crippen LogP contribution in [-0.2, 0) is 16.1 Å². The lowest BCUT2D eigenvalue weighted by molar-refractivity contribution is -0.136. The highest BCUT2D eigenvalue weighted by Crippen LogP contribution is 2.33. The second kappa shape index (κ2) is 13.3. The van der Waals surface area contributed by atoms with Crippen LogP contribution in [0.25, 0.3) is 33.3 Å². The zero-order valence-electron chi connectivity index (χ0n) is 25.5. The molecule has 2 heterocycles. The Morgan fingerprint density at radius 2 is 1.62 bits per heavy atom. The predicted octanol–water partition coefficient (Wildman–Crippen LogP) is 5.41. The topological polar surface area (TPSA) is 114 Å². The van der Waals surface area contributed by atoms with Gasteiger partial charge in [0.1, 0.15) is 6.61 Å². The number of fused-ring (bicyclic) bond motifs is 1. The van der Waals surface area contributed by atoms with Gasteiger partial charge in [-0.15, -0.1) is 0 Å². The van der Waals surface area contributed by atoms with E-state index in [2.05, 4.69) is 28.4 Å². The maximum absolute atomic E-state index is 12.6. The molecule has 4 aromatic carbocycles. The number of aromatic nitrogens is 2. The van der Waals surface area contributed by atoms with E-state index in [0.29, 0.717) is 24.6 Å². The SMILES string of the molecule is COCC(=O)N1CCN(Cc2ccc(C)c(-c3cc(Nc4nc(-c5ccccc5)c5ccccc5n4)ccc3C(N)=O)c2)CC1. The summed E-state index contributed by atoms with van der Waals surface area (Å²) in [6, 6.07) is 29.8. The zero-order valence-corrected chi connectivity index (χ0v) is 25.5. The minimum absolute atomic E-state index is 0.0209. The van der Waals surface area contributed by atoms with Crippen molar-refractivity contribution in [1.82, 2.24) is 19.8 Å². The minimum Gasteiger partial charge on any atom is -0.375 e. The third kappa shape index (κ3) is 6.69. The lowest BCUT2D eigenvalue weighted by atomic mass is 9.93. The number of benzene rings is 4. The number of rotatable bonds is 9. The highest BCUT2D eigenvalue weighted by atomic mass is 16.5. The molecule has 6 rings (SSSR count). The van der Waals surface area contributed by atoms with Crippen molar-refractivity contribution in [3.8, 4) is 22.4 Å². The quantitative estimate of drug-likeness (QED) is 0.233. The molecule has 228 valence electrons. The van der Waals surface area contributed by atoms with Crippen LogP contribution in [0.15, 0.2) is 91.0 Å². The molecule has 1 aliphatic rings. The normalized spacial score (nSPS) is 13.6. The molecule has 9 heteroatoms. The number of ether oxygens (including phenoxy) is 1. The van der Waals surface area contributed by atoms with Gasteiger partial charge < -0.3 is 20.7 Å². The number of primary amides is 1. The molecule has 1 saturated heterocycles. The fraction of sp³-hybridized carbons (Fsp3) is 0.222. The summed E-state index contributed by atoms with van der Waals surface area (Å²) in [7, 11) is 1.54. The molecule has 0 atom stereocenters. The lowest BCUT2D eigenvalue weighted by Gasteiger charge is -2.34.